The lowest BCUT2D eigenvalue weighted by molar-refractivity contribution is 0.400. The van der Waals surface area contributed by atoms with Gasteiger partial charge in [-0.05, 0) is 18.2 Å². The van der Waals surface area contributed by atoms with Gasteiger partial charge in [-0.2, -0.15) is 0 Å². The second-order valence-corrected chi connectivity index (χ2v) is 3.80. The standard InChI is InChI=1S/C13H11F2NO2/c14-9-4-10(15)6-11(5-9)16-7-8-2-1-3-12(17)13(8)18/h1-6,16-18H,7H2. The van der Waals surface area contributed by atoms with Crippen LogP contribution in [0.4, 0.5) is 14.5 Å². The number of anilines is 1. The zero-order chi connectivity index (χ0) is 13.1. The molecule has 0 spiro atoms. The summed E-state index contributed by atoms with van der Waals surface area (Å²) in [7, 11) is 0. The van der Waals surface area contributed by atoms with E-state index >= 15 is 0 Å². The lowest BCUT2D eigenvalue weighted by Crippen LogP contribution is -2.00. The average Bonchev–Trinajstić information content (AvgIpc) is 2.30. The third-order valence-corrected chi connectivity index (χ3v) is 2.44. The predicted octanol–water partition coefficient (Wildman–Crippen LogP) is 2.99. The summed E-state index contributed by atoms with van der Waals surface area (Å²) < 4.78 is 25.9. The number of phenols is 2. The van der Waals surface area contributed by atoms with E-state index in [0.717, 1.165) is 18.2 Å². The van der Waals surface area contributed by atoms with Crippen LogP contribution in [0.1, 0.15) is 5.56 Å². The molecule has 0 bridgehead atoms. The molecule has 0 heterocycles. The number of para-hydroxylation sites is 1. The van der Waals surface area contributed by atoms with Gasteiger partial charge in [-0.3, -0.25) is 0 Å². The summed E-state index contributed by atoms with van der Waals surface area (Å²) >= 11 is 0. The van der Waals surface area contributed by atoms with Crippen molar-refractivity contribution < 1.29 is 19.0 Å². The Kier molecular flexibility index (Phi) is 3.32. The Labute approximate surface area is 102 Å². The molecule has 0 unspecified atom stereocenters. The van der Waals surface area contributed by atoms with Gasteiger partial charge in [0.15, 0.2) is 11.5 Å². The first-order valence-electron chi connectivity index (χ1n) is 5.26. The Morgan fingerprint density at radius 1 is 1.00 bits per heavy atom. The van der Waals surface area contributed by atoms with Crippen LogP contribution >= 0.6 is 0 Å². The topological polar surface area (TPSA) is 52.5 Å². The van der Waals surface area contributed by atoms with Crippen molar-refractivity contribution in [1.82, 2.24) is 0 Å². The lowest BCUT2D eigenvalue weighted by Gasteiger charge is -2.09. The smallest absolute Gasteiger partial charge is 0.162 e. The van der Waals surface area contributed by atoms with E-state index in [1.807, 2.05) is 0 Å². The van der Waals surface area contributed by atoms with Gasteiger partial charge in [0.1, 0.15) is 11.6 Å². The molecule has 2 aromatic carbocycles. The van der Waals surface area contributed by atoms with Crippen molar-refractivity contribution in [3.8, 4) is 11.5 Å². The van der Waals surface area contributed by atoms with E-state index in [0.29, 0.717) is 5.56 Å². The first-order valence-corrected chi connectivity index (χ1v) is 5.26. The quantitative estimate of drug-likeness (QED) is 0.735. The molecule has 5 heteroatoms. The monoisotopic (exact) mass is 251 g/mol. The van der Waals surface area contributed by atoms with Gasteiger partial charge in [-0.25, -0.2) is 8.78 Å². The van der Waals surface area contributed by atoms with Crippen molar-refractivity contribution in [2.45, 2.75) is 6.54 Å². The highest BCUT2D eigenvalue weighted by molar-refractivity contribution is 5.48. The first kappa shape index (κ1) is 12.2. The summed E-state index contributed by atoms with van der Waals surface area (Å²) in [6.07, 6.45) is 0. The van der Waals surface area contributed by atoms with Gasteiger partial charge in [0, 0.05) is 23.9 Å². The van der Waals surface area contributed by atoms with Gasteiger partial charge in [-0.15, -0.1) is 0 Å². The van der Waals surface area contributed by atoms with Crippen LogP contribution in [-0.2, 0) is 6.54 Å². The van der Waals surface area contributed by atoms with Crippen LogP contribution in [-0.4, -0.2) is 10.2 Å². The summed E-state index contributed by atoms with van der Waals surface area (Å²) in [4.78, 5) is 0. The minimum Gasteiger partial charge on any atom is -0.504 e. The van der Waals surface area contributed by atoms with Crippen LogP contribution in [0.25, 0.3) is 0 Å². The fraction of sp³-hybridized carbons (Fsp3) is 0.0769. The van der Waals surface area contributed by atoms with Crippen LogP contribution in [0.3, 0.4) is 0 Å². The summed E-state index contributed by atoms with van der Waals surface area (Å²) in [6, 6.07) is 7.57. The van der Waals surface area contributed by atoms with E-state index in [4.69, 9.17) is 0 Å². The molecule has 94 valence electrons. The number of nitrogens with one attached hydrogen (secondary N) is 1. The number of aromatic hydroxyl groups is 2. The van der Waals surface area contributed by atoms with Crippen molar-refractivity contribution >= 4 is 5.69 Å². The Morgan fingerprint density at radius 2 is 1.67 bits per heavy atom. The van der Waals surface area contributed by atoms with E-state index in [1.54, 1.807) is 12.1 Å². The first-order chi connectivity index (χ1) is 8.56. The van der Waals surface area contributed by atoms with Crippen LogP contribution in [0, 0.1) is 11.6 Å². The van der Waals surface area contributed by atoms with Gasteiger partial charge in [-0.1, -0.05) is 12.1 Å². The minimum atomic E-state index is -0.683. The molecule has 0 amide bonds. The molecule has 2 rings (SSSR count). The highest BCUT2D eigenvalue weighted by Gasteiger charge is 2.06. The van der Waals surface area contributed by atoms with Crippen molar-refractivity contribution in [2.24, 2.45) is 0 Å². The molecule has 0 aliphatic rings. The van der Waals surface area contributed by atoms with E-state index in [9.17, 15) is 19.0 Å². The fourth-order valence-corrected chi connectivity index (χ4v) is 1.57. The minimum absolute atomic E-state index is 0.142. The fourth-order valence-electron chi connectivity index (χ4n) is 1.57. The van der Waals surface area contributed by atoms with Crippen LogP contribution in [0.5, 0.6) is 11.5 Å². The molecule has 0 aliphatic carbocycles. The van der Waals surface area contributed by atoms with Crippen molar-refractivity contribution in [3.05, 3.63) is 53.6 Å². The molecular formula is C13H11F2NO2. The Hall–Kier alpha value is -2.30. The van der Waals surface area contributed by atoms with E-state index in [2.05, 4.69) is 5.32 Å². The molecule has 0 saturated heterocycles. The van der Waals surface area contributed by atoms with Gasteiger partial charge < -0.3 is 15.5 Å². The largest absolute Gasteiger partial charge is 0.504 e. The Morgan fingerprint density at radius 3 is 2.33 bits per heavy atom. The number of hydrogen-bond acceptors (Lipinski definition) is 3. The number of benzene rings is 2. The number of phenolic OH excluding ortho intramolecular Hbond substituents is 2. The van der Waals surface area contributed by atoms with Crippen LogP contribution in [0.2, 0.25) is 0 Å². The number of rotatable bonds is 3. The van der Waals surface area contributed by atoms with Crippen molar-refractivity contribution in [2.75, 3.05) is 5.32 Å². The molecule has 0 aliphatic heterocycles. The number of halogens is 2. The third-order valence-electron chi connectivity index (χ3n) is 2.44. The maximum Gasteiger partial charge on any atom is 0.162 e. The summed E-state index contributed by atoms with van der Waals surface area (Å²) in [5.74, 6) is -1.85. The second kappa shape index (κ2) is 4.91. The van der Waals surface area contributed by atoms with E-state index in [-0.39, 0.29) is 23.7 Å². The lowest BCUT2D eigenvalue weighted by atomic mass is 10.2. The molecule has 0 aromatic heterocycles. The van der Waals surface area contributed by atoms with Crippen LogP contribution < -0.4 is 5.32 Å². The number of hydrogen-bond donors (Lipinski definition) is 3. The zero-order valence-electron chi connectivity index (χ0n) is 9.32. The highest BCUT2D eigenvalue weighted by atomic mass is 19.1. The molecule has 0 radical (unpaired) electrons. The van der Waals surface area contributed by atoms with Gasteiger partial charge in [0.25, 0.3) is 0 Å². The van der Waals surface area contributed by atoms with Crippen molar-refractivity contribution in [3.63, 3.8) is 0 Å². The van der Waals surface area contributed by atoms with Gasteiger partial charge in [0.05, 0.1) is 0 Å². The van der Waals surface area contributed by atoms with Gasteiger partial charge >= 0.3 is 0 Å². The third kappa shape index (κ3) is 2.68. The maximum atomic E-state index is 12.9. The van der Waals surface area contributed by atoms with Crippen molar-refractivity contribution in [1.29, 1.82) is 0 Å². The molecule has 0 fully saturated rings. The predicted molar refractivity (Wildman–Crippen MR) is 63.5 cm³/mol. The van der Waals surface area contributed by atoms with Crippen LogP contribution in [0.15, 0.2) is 36.4 Å². The molecule has 2 aromatic rings. The molecule has 18 heavy (non-hydrogen) atoms. The SMILES string of the molecule is Oc1cccc(CNc2cc(F)cc(F)c2)c1O. The molecule has 0 atom stereocenters. The van der Waals surface area contributed by atoms with Gasteiger partial charge in [0.2, 0.25) is 0 Å². The zero-order valence-corrected chi connectivity index (χ0v) is 9.32. The molecule has 0 saturated carbocycles. The Bertz CT molecular complexity index is 553. The van der Waals surface area contributed by atoms with E-state index in [1.165, 1.54) is 6.07 Å². The molecule has 3 nitrogen and oxygen atoms in total. The molecular weight excluding hydrogens is 240 g/mol. The second-order valence-electron chi connectivity index (χ2n) is 3.80. The summed E-state index contributed by atoms with van der Waals surface area (Å²) in [6.45, 7) is 0.142. The summed E-state index contributed by atoms with van der Waals surface area (Å²) in [5.41, 5.74) is 0.690. The average molecular weight is 251 g/mol. The van der Waals surface area contributed by atoms with E-state index < -0.39 is 11.6 Å². The molecule has 3 N–H and O–H groups in total. The highest BCUT2D eigenvalue weighted by Crippen LogP contribution is 2.28. The Balaban J connectivity index is 2.14. The maximum absolute atomic E-state index is 12.9. The normalized spacial score (nSPS) is 10.3. The summed E-state index contributed by atoms with van der Waals surface area (Å²) in [5, 5.41) is 21.6.